The molecule has 22 heavy (non-hydrogen) atoms. The van der Waals surface area contributed by atoms with Crippen LogP contribution in [0.5, 0.6) is 0 Å². The van der Waals surface area contributed by atoms with E-state index in [0.29, 0.717) is 24.5 Å². The van der Waals surface area contributed by atoms with Crippen LogP contribution in [0.4, 0.5) is 5.82 Å². The Balaban J connectivity index is 1.71. The summed E-state index contributed by atoms with van der Waals surface area (Å²) in [5, 5.41) is 7.88. The lowest BCUT2D eigenvalue weighted by Gasteiger charge is -2.33. The van der Waals surface area contributed by atoms with Crippen LogP contribution in [0, 0.1) is 0 Å². The van der Waals surface area contributed by atoms with Crippen LogP contribution < -0.4 is 4.90 Å². The van der Waals surface area contributed by atoms with Crippen molar-refractivity contribution >= 4 is 29.2 Å². The average molecular weight is 318 g/mol. The highest BCUT2D eigenvalue weighted by molar-refractivity contribution is 6.29. The Morgan fingerprint density at radius 3 is 2.50 bits per heavy atom. The molecule has 1 fully saturated rings. The summed E-state index contributed by atoms with van der Waals surface area (Å²) in [4.78, 5) is 31.4. The quantitative estimate of drug-likeness (QED) is 0.826. The maximum Gasteiger partial charge on any atom is 0.254 e. The first kappa shape index (κ1) is 14.4. The van der Waals surface area contributed by atoms with Crippen LogP contribution in [0.2, 0.25) is 5.15 Å². The summed E-state index contributed by atoms with van der Waals surface area (Å²) in [6, 6.07) is 6.47. The van der Waals surface area contributed by atoms with Gasteiger partial charge in [-0.05, 0) is 24.3 Å². The lowest BCUT2D eigenvalue weighted by atomic mass is 10.2. The fourth-order valence-corrected chi connectivity index (χ4v) is 2.32. The van der Waals surface area contributed by atoms with Gasteiger partial charge in [-0.2, -0.15) is 0 Å². The van der Waals surface area contributed by atoms with Gasteiger partial charge >= 0.3 is 0 Å². The summed E-state index contributed by atoms with van der Waals surface area (Å²) >= 11 is 5.68. The average Bonchev–Trinajstić information content (AvgIpc) is 2.56. The third kappa shape index (κ3) is 2.89. The Bertz CT molecular complexity index is 692. The number of carbonyl (C=O) groups excluding carboxylic acids is 2. The predicted molar refractivity (Wildman–Crippen MR) is 79.5 cm³/mol. The Hall–Kier alpha value is -2.54. The van der Waals surface area contributed by atoms with E-state index in [1.165, 1.54) is 9.80 Å². The molecule has 0 atom stereocenters. The zero-order valence-electron chi connectivity index (χ0n) is 11.5. The molecule has 112 valence electrons. The van der Waals surface area contributed by atoms with Gasteiger partial charge in [0.25, 0.3) is 5.91 Å². The van der Waals surface area contributed by atoms with Gasteiger partial charge in [0, 0.05) is 31.0 Å². The normalized spacial score (nSPS) is 15.0. The fourth-order valence-electron chi connectivity index (χ4n) is 2.22. The second kappa shape index (κ2) is 6.07. The Morgan fingerprint density at radius 2 is 1.86 bits per heavy atom. The standard InChI is InChI=1S/C14H12ClN5O2/c15-11-1-2-12(18-17-11)20-8-7-19(9-13(20)21)14(22)10-3-5-16-6-4-10/h1-6H,7-9H2. The number of hydrogen-bond donors (Lipinski definition) is 0. The number of amides is 2. The van der Waals surface area contributed by atoms with E-state index in [0.717, 1.165) is 0 Å². The molecule has 3 rings (SSSR count). The molecule has 1 saturated heterocycles. The summed E-state index contributed by atoms with van der Waals surface area (Å²) in [5.41, 5.74) is 0.516. The lowest BCUT2D eigenvalue weighted by Crippen LogP contribution is -2.52. The molecular weight excluding hydrogens is 306 g/mol. The number of anilines is 1. The fraction of sp³-hybridized carbons (Fsp3) is 0.214. The molecule has 1 aliphatic rings. The number of halogens is 1. The van der Waals surface area contributed by atoms with Gasteiger partial charge in [0.15, 0.2) is 11.0 Å². The summed E-state index contributed by atoms with van der Waals surface area (Å²) in [5.74, 6) is 0.0493. The predicted octanol–water partition coefficient (Wildman–Crippen LogP) is 1.01. The van der Waals surface area contributed by atoms with E-state index < -0.39 is 0 Å². The van der Waals surface area contributed by atoms with Crippen LogP contribution in [-0.4, -0.2) is 51.5 Å². The molecule has 8 heteroatoms. The number of aromatic nitrogens is 3. The third-order valence-corrected chi connectivity index (χ3v) is 3.53. The van der Waals surface area contributed by atoms with Crippen LogP contribution in [0.1, 0.15) is 10.4 Å². The minimum absolute atomic E-state index is 0.00542. The van der Waals surface area contributed by atoms with Gasteiger partial charge in [0.05, 0.1) is 0 Å². The highest BCUT2D eigenvalue weighted by Crippen LogP contribution is 2.16. The van der Waals surface area contributed by atoms with Crippen molar-refractivity contribution in [3.63, 3.8) is 0 Å². The summed E-state index contributed by atoms with van der Waals surface area (Å²) < 4.78 is 0. The van der Waals surface area contributed by atoms with Gasteiger partial charge in [-0.25, -0.2) is 0 Å². The number of nitrogens with zero attached hydrogens (tertiary/aromatic N) is 5. The molecule has 3 heterocycles. The topological polar surface area (TPSA) is 79.3 Å². The molecule has 0 aliphatic carbocycles. The molecule has 7 nitrogen and oxygen atoms in total. The molecule has 0 saturated carbocycles. The van der Waals surface area contributed by atoms with Crippen molar-refractivity contribution < 1.29 is 9.59 Å². The maximum atomic E-state index is 12.3. The molecule has 0 unspecified atom stereocenters. The van der Waals surface area contributed by atoms with Crippen molar-refractivity contribution in [2.24, 2.45) is 0 Å². The SMILES string of the molecule is O=C(c1ccncc1)N1CCN(c2ccc(Cl)nn2)C(=O)C1. The molecule has 0 aromatic carbocycles. The molecule has 2 aromatic heterocycles. The summed E-state index contributed by atoms with van der Waals surface area (Å²) in [7, 11) is 0. The van der Waals surface area contributed by atoms with E-state index in [-0.39, 0.29) is 23.5 Å². The highest BCUT2D eigenvalue weighted by Gasteiger charge is 2.29. The zero-order chi connectivity index (χ0) is 15.5. The first-order valence-electron chi connectivity index (χ1n) is 6.64. The third-order valence-electron chi connectivity index (χ3n) is 3.33. The van der Waals surface area contributed by atoms with Crippen LogP contribution in [-0.2, 0) is 4.79 Å². The lowest BCUT2D eigenvalue weighted by molar-refractivity contribution is -0.120. The van der Waals surface area contributed by atoms with Gasteiger partial charge in [0.2, 0.25) is 5.91 Å². The maximum absolute atomic E-state index is 12.3. The van der Waals surface area contributed by atoms with Crippen molar-refractivity contribution in [1.29, 1.82) is 0 Å². The van der Waals surface area contributed by atoms with E-state index in [4.69, 9.17) is 11.6 Å². The van der Waals surface area contributed by atoms with Crippen LogP contribution in [0.15, 0.2) is 36.7 Å². The molecule has 1 aliphatic heterocycles. The first-order chi connectivity index (χ1) is 10.6. The van der Waals surface area contributed by atoms with Gasteiger partial charge in [0.1, 0.15) is 6.54 Å². The van der Waals surface area contributed by atoms with Crippen molar-refractivity contribution in [3.05, 3.63) is 47.4 Å². The van der Waals surface area contributed by atoms with Gasteiger partial charge in [-0.3, -0.25) is 19.5 Å². The molecule has 2 amide bonds. The molecule has 0 N–H and O–H groups in total. The molecule has 0 bridgehead atoms. The minimum Gasteiger partial charge on any atom is -0.328 e. The van der Waals surface area contributed by atoms with Gasteiger partial charge < -0.3 is 4.90 Å². The monoisotopic (exact) mass is 317 g/mol. The molecular formula is C14H12ClN5O2. The number of rotatable bonds is 2. The second-order valence-electron chi connectivity index (χ2n) is 4.72. The first-order valence-corrected chi connectivity index (χ1v) is 7.02. The molecule has 0 radical (unpaired) electrons. The van der Waals surface area contributed by atoms with Crippen molar-refractivity contribution in [1.82, 2.24) is 20.1 Å². The minimum atomic E-state index is -0.203. The van der Waals surface area contributed by atoms with Gasteiger partial charge in [-0.1, -0.05) is 11.6 Å². The number of hydrogen-bond acceptors (Lipinski definition) is 5. The van der Waals surface area contributed by atoms with Crippen molar-refractivity contribution in [2.75, 3.05) is 24.5 Å². The van der Waals surface area contributed by atoms with E-state index in [2.05, 4.69) is 15.2 Å². The van der Waals surface area contributed by atoms with E-state index in [9.17, 15) is 9.59 Å². The Morgan fingerprint density at radius 1 is 1.09 bits per heavy atom. The van der Waals surface area contributed by atoms with Crippen LogP contribution >= 0.6 is 11.6 Å². The molecule has 2 aromatic rings. The van der Waals surface area contributed by atoms with Gasteiger partial charge in [-0.15, -0.1) is 10.2 Å². The van der Waals surface area contributed by atoms with Crippen LogP contribution in [0.3, 0.4) is 0 Å². The number of pyridine rings is 1. The summed E-state index contributed by atoms with van der Waals surface area (Å²) in [6.07, 6.45) is 3.10. The highest BCUT2D eigenvalue weighted by atomic mass is 35.5. The summed E-state index contributed by atoms with van der Waals surface area (Å²) in [6.45, 7) is 0.800. The Labute approximate surface area is 131 Å². The molecule has 0 spiro atoms. The van der Waals surface area contributed by atoms with E-state index in [1.54, 1.807) is 36.7 Å². The largest absolute Gasteiger partial charge is 0.328 e. The van der Waals surface area contributed by atoms with Crippen molar-refractivity contribution in [2.45, 2.75) is 0 Å². The number of carbonyl (C=O) groups is 2. The smallest absolute Gasteiger partial charge is 0.254 e. The van der Waals surface area contributed by atoms with E-state index >= 15 is 0 Å². The van der Waals surface area contributed by atoms with E-state index in [1.807, 2.05) is 0 Å². The Kier molecular flexibility index (Phi) is 3.97. The second-order valence-corrected chi connectivity index (χ2v) is 5.11. The zero-order valence-corrected chi connectivity index (χ0v) is 12.3. The van der Waals surface area contributed by atoms with Crippen LogP contribution in [0.25, 0.3) is 0 Å². The van der Waals surface area contributed by atoms with Crippen molar-refractivity contribution in [3.8, 4) is 0 Å². The number of piperazine rings is 1.